The van der Waals surface area contributed by atoms with Crippen LogP contribution in [0.2, 0.25) is 10.0 Å². The van der Waals surface area contributed by atoms with Gasteiger partial charge in [0.05, 0.1) is 16.4 Å². The molecule has 1 saturated heterocycles. The number of benzene rings is 2. The molecule has 2 aromatic carbocycles. The number of likely N-dealkylation sites (tertiary alicyclic amines) is 1. The Bertz CT molecular complexity index is 1030. The Hall–Kier alpha value is -2.34. The average molecular weight is 485 g/mol. The molecule has 2 heterocycles. The second-order valence-corrected chi connectivity index (χ2v) is 9.61. The van der Waals surface area contributed by atoms with Gasteiger partial charge < -0.3 is 14.4 Å². The molecule has 1 unspecified atom stereocenters. The highest BCUT2D eigenvalue weighted by Gasteiger charge is 2.23. The van der Waals surface area contributed by atoms with Gasteiger partial charge in [-0.25, -0.2) is 4.98 Å². The lowest BCUT2D eigenvalue weighted by Gasteiger charge is -2.34. The van der Waals surface area contributed by atoms with E-state index in [1.807, 2.05) is 73.0 Å². The number of halogens is 2. The molecule has 0 aliphatic carbocycles. The Labute approximate surface area is 205 Å². The van der Waals surface area contributed by atoms with E-state index in [4.69, 9.17) is 23.2 Å². The fourth-order valence-corrected chi connectivity index (χ4v) is 4.92. The molecule has 1 aliphatic heterocycles. The molecular weight excluding hydrogens is 455 g/mol. The number of piperidine rings is 1. The predicted molar refractivity (Wildman–Crippen MR) is 134 cm³/mol. The Balaban J connectivity index is 1.41. The smallest absolute Gasteiger partial charge is 0.253 e. The number of hydrogen-bond donors (Lipinski definition) is 0. The summed E-state index contributed by atoms with van der Waals surface area (Å²) in [6, 6.07) is 15.8. The molecule has 33 heavy (non-hydrogen) atoms. The molecule has 0 radical (unpaired) electrons. The molecule has 0 spiro atoms. The van der Waals surface area contributed by atoms with Crippen molar-refractivity contribution in [1.29, 1.82) is 0 Å². The highest BCUT2D eigenvalue weighted by molar-refractivity contribution is 6.42. The van der Waals surface area contributed by atoms with Crippen molar-refractivity contribution in [2.24, 2.45) is 0 Å². The minimum Gasteiger partial charge on any atom is -0.341 e. The number of likely N-dealkylation sites (N-methyl/N-ethyl adjacent to an activating group) is 1. The summed E-state index contributed by atoms with van der Waals surface area (Å²) in [4.78, 5) is 21.5. The molecule has 1 atom stereocenters. The second-order valence-electron chi connectivity index (χ2n) is 8.79. The molecule has 5 nitrogen and oxygen atoms in total. The van der Waals surface area contributed by atoms with E-state index in [0.717, 1.165) is 44.5 Å². The number of carbonyl (C=O) groups is 1. The predicted octanol–water partition coefficient (Wildman–Crippen LogP) is 5.77. The first-order chi connectivity index (χ1) is 16.0. The van der Waals surface area contributed by atoms with Crippen LogP contribution in [0.4, 0.5) is 0 Å². The topological polar surface area (TPSA) is 41.4 Å². The molecule has 1 fully saturated rings. The van der Waals surface area contributed by atoms with Crippen molar-refractivity contribution < 1.29 is 4.79 Å². The third kappa shape index (κ3) is 6.17. The van der Waals surface area contributed by atoms with E-state index in [0.29, 0.717) is 28.2 Å². The standard InChI is InChI=1S/C26H30Cl2N4O/c1-30(26(33)20-5-3-2-4-6-20)18-22(21-7-8-24(27)25(28)17-21)9-13-31-14-10-23(11-15-31)32-16-12-29-19-32/h2-8,12,16-17,19,22-23H,9-11,13-15,18H2,1H3. The van der Waals surface area contributed by atoms with Crippen LogP contribution < -0.4 is 0 Å². The van der Waals surface area contributed by atoms with Gasteiger partial charge in [-0.05, 0) is 55.6 Å². The van der Waals surface area contributed by atoms with E-state index in [-0.39, 0.29) is 11.8 Å². The van der Waals surface area contributed by atoms with Crippen molar-refractivity contribution >= 4 is 29.1 Å². The van der Waals surface area contributed by atoms with Crippen molar-refractivity contribution in [1.82, 2.24) is 19.4 Å². The fraction of sp³-hybridized carbons (Fsp3) is 0.385. The third-order valence-corrected chi connectivity index (χ3v) is 7.31. The molecular formula is C26H30Cl2N4O. The Morgan fingerprint density at radius 1 is 1.12 bits per heavy atom. The molecule has 174 valence electrons. The van der Waals surface area contributed by atoms with Gasteiger partial charge >= 0.3 is 0 Å². The largest absolute Gasteiger partial charge is 0.341 e. The van der Waals surface area contributed by atoms with Crippen LogP contribution in [0, 0.1) is 0 Å². The van der Waals surface area contributed by atoms with Gasteiger partial charge in [-0.1, -0.05) is 47.5 Å². The first-order valence-electron chi connectivity index (χ1n) is 11.5. The Morgan fingerprint density at radius 3 is 2.55 bits per heavy atom. The molecule has 3 aromatic rings. The van der Waals surface area contributed by atoms with Gasteiger partial charge in [-0.2, -0.15) is 0 Å². The Kier molecular flexibility index (Phi) is 8.07. The molecule has 0 bridgehead atoms. The summed E-state index contributed by atoms with van der Waals surface area (Å²) < 4.78 is 2.22. The average Bonchev–Trinajstić information content (AvgIpc) is 3.39. The zero-order valence-corrected chi connectivity index (χ0v) is 20.4. The molecule has 7 heteroatoms. The molecule has 1 aromatic heterocycles. The number of aromatic nitrogens is 2. The molecule has 1 aliphatic rings. The fourth-order valence-electron chi connectivity index (χ4n) is 4.61. The van der Waals surface area contributed by atoms with Gasteiger partial charge in [-0.15, -0.1) is 0 Å². The zero-order valence-electron chi connectivity index (χ0n) is 18.9. The first-order valence-corrected chi connectivity index (χ1v) is 12.2. The van der Waals surface area contributed by atoms with Crippen LogP contribution in [0.1, 0.15) is 47.1 Å². The number of carbonyl (C=O) groups excluding carboxylic acids is 1. The van der Waals surface area contributed by atoms with Crippen LogP contribution in [0.25, 0.3) is 0 Å². The first kappa shape index (κ1) is 23.8. The van der Waals surface area contributed by atoms with Crippen LogP contribution in [-0.4, -0.2) is 58.5 Å². The summed E-state index contributed by atoms with van der Waals surface area (Å²) in [5, 5.41) is 1.10. The van der Waals surface area contributed by atoms with Gasteiger partial charge in [0.15, 0.2) is 0 Å². The zero-order chi connectivity index (χ0) is 23.2. The number of rotatable bonds is 8. The van der Waals surface area contributed by atoms with Crippen molar-refractivity contribution in [2.45, 2.75) is 31.2 Å². The van der Waals surface area contributed by atoms with Crippen molar-refractivity contribution in [2.75, 3.05) is 33.2 Å². The maximum absolute atomic E-state index is 12.9. The van der Waals surface area contributed by atoms with E-state index in [9.17, 15) is 4.79 Å². The van der Waals surface area contributed by atoms with Crippen molar-refractivity contribution in [3.63, 3.8) is 0 Å². The summed E-state index contributed by atoms with van der Waals surface area (Å²) in [7, 11) is 1.87. The number of imidazole rings is 1. The van der Waals surface area contributed by atoms with Crippen LogP contribution in [0.3, 0.4) is 0 Å². The second kappa shape index (κ2) is 11.2. The Morgan fingerprint density at radius 2 is 1.88 bits per heavy atom. The van der Waals surface area contributed by atoms with Crippen molar-refractivity contribution in [3.05, 3.63) is 88.4 Å². The van der Waals surface area contributed by atoms with E-state index >= 15 is 0 Å². The van der Waals surface area contributed by atoms with Crippen LogP contribution in [0.15, 0.2) is 67.3 Å². The highest BCUT2D eigenvalue weighted by Crippen LogP contribution is 2.30. The summed E-state index contributed by atoms with van der Waals surface area (Å²) in [5.41, 5.74) is 1.82. The lowest BCUT2D eigenvalue weighted by molar-refractivity contribution is 0.0781. The van der Waals surface area contributed by atoms with Gasteiger partial charge in [0.1, 0.15) is 0 Å². The third-order valence-electron chi connectivity index (χ3n) is 6.57. The van der Waals surface area contributed by atoms with Gasteiger partial charge in [0.2, 0.25) is 0 Å². The van der Waals surface area contributed by atoms with Crippen molar-refractivity contribution in [3.8, 4) is 0 Å². The van der Waals surface area contributed by atoms with Crippen LogP contribution >= 0.6 is 23.2 Å². The normalized spacial score (nSPS) is 16.0. The SMILES string of the molecule is CN(CC(CCN1CCC(n2ccnc2)CC1)c1ccc(Cl)c(Cl)c1)C(=O)c1ccccc1. The van der Waals surface area contributed by atoms with E-state index in [2.05, 4.69) is 20.6 Å². The highest BCUT2D eigenvalue weighted by atomic mass is 35.5. The van der Waals surface area contributed by atoms with E-state index < -0.39 is 0 Å². The van der Waals surface area contributed by atoms with E-state index in [1.54, 1.807) is 0 Å². The molecule has 1 amide bonds. The summed E-state index contributed by atoms with van der Waals surface area (Å²) >= 11 is 12.5. The molecule has 0 N–H and O–H groups in total. The minimum atomic E-state index is 0.0295. The number of nitrogens with zero attached hydrogens (tertiary/aromatic N) is 4. The van der Waals surface area contributed by atoms with Gasteiger partial charge in [0.25, 0.3) is 5.91 Å². The summed E-state index contributed by atoms with van der Waals surface area (Å²) in [5.74, 6) is 0.200. The monoisotopic (exact) mass is 484 g/mol. The van der Waals surface area contributed by atoms with Gasteiger partial charge in [-0.3, -0.25) is 4.79 Å². The molecule has 4 rings (SSSR count). The maximum Gasteiger partial charge on any atom is 0.253 e. The lowest BCUT2D eigenvalue weighted by atomic mass is 9.94. The molecule has 0 saturated carbocycles. The maximum atomic E-state index is 12.9. The number of hydrogen-bond acceptors (Lipinski definition) is 3. The van der Waals surface area contributed by atoms with Crippen LogP contribution in [-0.2, 0) is 0 Å². The quantitative estimate of drug-likeness (QED) is 0.407. The summed E-state index contributed by atoms with van der Waals surface area (Å²) in [6.07, 6.45) is 9.02. The minimum absolute atomic E-state index is 0.0295. The van der Waals surface area contributed by atoms with Crippen LogP contribution in [0.5, 0.6) is 0 Å². The summed E-state index contributed by atoms with van der Waals surface area (Å²) in [6.45, 7) is 3.73. The number of amides is 1. The van der Waals surface area contributed by atoms with E-state index in [1.165, 1.54) is 0 Å². The van der Waals surface area contributed by atoms with Gasteiger partial charge in [0, 0.05) is 56.6 Å². The lowest BCUT2D eigenvalue weighted by Crippen LogP contribution is -2.37.